The Bertz CT molecular complexity index is 1280. The van der Waals surface area contributed by atoms with Gasteiger partial charge >= 0.3 is 5.97 Å². The number of carbonyl (C=O) groups is 2. The molecule has 0 aliphatic heterocycles. The Morgan fingerprint density at radius 3 is 2.58 bits per heavy atom. The van der Waals surface area contributed by atoms with Gasteiger partial charge in [-0.25, -0.2) is 9.97 Å². The first kappa shape index (κ1) is 22.8. The van der Waals surface area contributed by atoms with Crippen LogP contribution in [0.5, 0.6) is 0 Å². The van der Waals surface area contributed by atoms with E-state index in [1.807, 2.05) is 18.2 Å². The maximum Gasteiger partial charge on any atom is 0.307 e. The Balaban J connectivity index is 1.65. The van der Waals surface area contributed by atoms with Crippen LogP contribution in [0.1, 0.15) is 34.1 Å². The lowest BCUT2D eigenvalue weighted by Crippen LogP contribution is -2.31. The number of fused-ring (bicyclic) bond motifs is 1. The van der Waals surface area contributed by atoms with E-state index < -0.39 is 17.9 Å². The summed E-state index contributed by atoms with van der Waals surface area (Å²) in [5.41, 5.74) is 1.92. The van der Waals surface area contributed by atoms with Crippen molar-refractivity contribution in [3.8, 4) is 0 Å². The number of ether oxygens (including phenoxy) is 1. The Labute approximate surface area is 199 Å². The Hall–Kier alpha value is -3.36. The van der Waals surface area contributed by atoms with Gasteiger partial charge in [-0.15, -0.1) is 0 Å². The van der Waals surface area contributed by atoms with Crippen molar-refractivity contribution >= 4 is 46.2 Å². The van der Waals surface area contributed by atoms with Crippen molar-refractivity contribution in [2.24, 2.45) is 0 Å². The van der Waals surface area contributed by atoms with E-state index in [1.54, 1.807) is 48.8 Å². The maximum absolute atomic E-state index is 13.4. The number of carbonyl (C=O) groups excluding carboxylic acids is 2. The smallest absolute Gasteiger partial charge is 0.307 e. The van der Waals surface area contributed by atoms with Crippen molar-refractivity contribution < 1.29 is 18.7 Å². The van der Waals surface area contributed by atoms with E-state index in [1.165, 1.54) is 18.9 Å². The highest BCUT2D eigenvalue weighted by molar-refractivity contribution is 7.98. The number of hydrogen-bond acceptors (Lipinski definition) is 7. The molecular formula is C24H20ClN3O4S. The number of halogens is 1. The molecule has 168 valence electrons. The van der Waals surface area contributed by atoms with Crippen LogP contribution in [0, 0.1) is 0 Å². The summed E-state index contributed by atoms with van der Waals surface area (Å²) in [7, 11) is 1.30. The Morgan fingerprint density at radius 1 is 1.09 bits per heavy atom. The van der Waals surface area contributed by atoms with E-state index in [-0.39, 0.29) is 12.2 Å². The molecule has 0 aliphatic rings. The molecule has 2 aromatic heterocycles. The molecule has 9 heteroatoms. The molecule has 0 aliphatic carbocycles. The van der Waals surface area contributed by atoms with Crippen LogP contribution >= 0.6 is 23.4 Å². The van der Waals surface area contributed by atoms with Crippen molar-refractivity contribution in [2.45, 2.75) is 23.4 Å². The predicted molar refractivity (Wildman–Crippen MR) is 126 cm³/mol. The van der Waals surface area contributed by atoms with Gasteiger partial charge in [0.15, 0.2) is 10.9 Å². The Morgan fingerprint density at radius 2 is 1.82 bits per heavy atom. The fourth-order valence-electron chi connectivity index (χ4n) is 3.39. The number of para-hydroxylation sites is 1. The highest BCUT2D eigenvalue weighted by Crippen LogP contribution is 2.32. The largest absolute Gasteiger partial charge is 0.469 e. The molecule has 1 atom stereocenters. The van der Waals surface area contributed by atoms with Crippen molar-refractivity contribution in [2.75, 3.05) is 7.11 Å². The third-order valence-corrected chi connectivity index (χ3v) is 6.22. The molecule has 1 unspecified atom stereocenters. The average Bonchev–Trinajstić information content (AvgIpc) is 3.22. The molecule has 0 radical (unpaired) electrons. The second-order valence-electron chi connectivity index (χ2n) is 7.05. The average molecular weight is 482 g/mol. The van der Waals surface area contributed by atoms with Crippen LogP contribution in [0.2, 0.25) is 5.02 Å². The molecule has 33 heavy (non-hydrogen) atoms. The molecule has 2 heterocycles. The molecule has 4 aromatic rings. The number of nitrogens with one attached hydrogen (secondary N) is 1. The maximum atomic E-state index is 13.4. The summed E-state index contributed by atoms with van der Waals surface area (Å²) in [6.45, 7) is 0. The zero-order chi connectivity index (χ0) is 23.2. The minimum absolute atomic E-state index is 0.0753. The molecule has 7 nitrogen and oxygen atoms in total. The summed E-state index contributed by atoms with van der Waals surface area (Å²) >= 11 is 7.74. The van der Waals surface area contributed by atoms with Crippen LogP contribution in [0.25, 0.3) is 11.0 Å². The summed E-state index contributed by atoms with van der Waals surface area (Å²) < 4.78 is 10.7. The van der Waals surface area contributed by atoms with E-state index in [4.69, 9.17) is 20.8 Å². The van der Waals surface area contributed by atoms with Crippen LogP contribution in [-0.2, 0) is 15.3 Å². The molecular weight excluding hydrogens is 462 g/mol. The number of rotatable bonds is 8. The number of esters is 1. The quantitative estimate of drug-likeness (QED) is 0.210. The Kier molecular flexibility index (Phi) is 7.26. The molecule has 0 spiro atoms. The van der Waals surface area contributed by atoms with Gasteiger partial charge < -0.3 is 14.5 Å². The molecule has 0 saturated carbocycles. The molecule has 1 N–H and O–H groups in total. The molecule has 0 bridgehead atoms. The second kappa shape index (κ2) is 10.5. The number of methoxy groups -OCH3 is 1. The summed E-state index contributed by atoms with van der Waals surface area (Å²) in [6.07, 6.45) is 3.25. The van der Waals surface area contributed by atoms with Crippen molar-refractivity contribution in [3.05, 3.63) is 88.9 Å². The number of thioether (sulfide) groups is 1. The van der Waals surface area contributed by atoms with Crippen LogP contribution < -0.4 is 5.32 Å². The molecule has 1 amide bonds. The molecule has 2 aromatic carbocycles. The zero-order valence-electron chi connectivity index (χ0n) is 17.7. The summed E-state index contributed by atoms with van der Waals surface area (Å²) in [5.74, 6) is -0.328. The van der Waals surface area contributed by atoms with Gasteiger partial charge in [-0.1, -0.05) is 59.8 Å². The van der Waals surface area contributed by atoms with Gasteiger partial charge in [-0.05, 0) is 23.8 Å². The summed E-state index contributed by atoms with van der Waals surface area (Å²) in [4.78, 5) is 33.9. The monoisotopic (exact) mass is 481 g/mol. The van der Waals surface area contributed by atoms with Crippen LogP contribution in [0.15, 0.2) is 76.6 Å². The van der Waals surface area contributed by atoms with Gasteiger partial charge in [-0.2, -0.15) is 0 Å². The minimum Gasteiger partial charge on any atom is -0.469 e. The second-order valence-corrected chi connectivity index (χ2v) is 8.40. The van der Waals surface area contributed by atoms with Gasteiger partial charge in [0, 0.05) is 34.1 Å². The number of hydrogen-bond donors (Lipinski definition) is 1. The normalized spacial score (nSPS) is 11.8. The van der Waals surface area contributed by atoms with Crippen molar-refractivity contribution in [1.29, 1.82) is 0 Å². The number of nitrogens with zero attached hydrogens (tertiary/aromatic N) is 2. The molecule has 0 saturated heterocycles. The van der Waals surface area contributed by atoms with Crippen molar-refractivity contribution in [1.82, 2.24) is 15.3 Å². The summed E-state index contributed by atoms with van der Waals surface area (Å²) in [5, 5.41) is 4.75. The molecule has 4 rings (SSSR count). The first-order valence-corrected chi connectivity index (χ1v) is 11.5. The lowest BCUT2D eigenvalue weighted by atomic mass is 10.0. The topological polar surface area (TPSA) is 94.3 Å². The number of amides is 1. The van der Waals surface area contributed by atoms with Gasteiger partial charge in [0.1, 0.15) is 5.58 Å². The van der Waals surface area contributed by atoms with Crippen LogP contribution in [0.3, 0.4) is 0 Å². The number of benzene rings is 2. The van der Waals surface area contributed by atoms with E-state index in [0.29, 0.717) is 27.1 Å². The minimum atomic E-state index is -0.690. The number of furan rings is 1. The summed E-state index contributed by atoms with van der Waals surface area (Å²) in [6, 6.07) is 15.5. The highest BCUT2D eigenvalue weighted by atomic mass is 35.5. The lowest BCUT2D eigenvalue weighted by Gasteiger charge is -2.19. The fourth-order valence-corrected chi connectivity index (χ4v) is 4.49. The fraction of sp³-hybridized carbons (Fsp3) is 0.167. The SMILES string of the molecule is COC(=O)CC(NC(=O)c1oc2ccccc2c1CSc1ncccn1)c1ccccc1Cl. The van der Waals surface area contributed by atoms with Crippen LogP contribution in [-0.4, -0.2) is 29.0 Å². The number of aromatic nitrogens is 2. The van der Waals surface area contributed by atoms with Gasteiger partial charge in [0.2, 0.25) is 0 Å². The van der Waals surface area contributed by atoms with E-state index in [0.717, 1.165) is 10.9 Å². The highest BCUT2D eigenvalue weighted by Gasteiger charge is 2.26. The zero-order valence-corrected chi connectivity index (χ0v) is 19.2. The first-order chi connectivity index (χ1) is 16.1. The van der Waals surface area contributed by atoms with Gasteiger partial charge in [0.05, 0.1) is 19.6 Å². The van der Waals surface area contributed by atoms with E-state index in [9.17, 15) is 9.59 Å². The van der Waals surface area contributed by atoms with E-state index >= 15 is 0 Å². The van der Waals surface area contributed by atoms with Gasteiger partial charge in [0.25, 0.3) is 5.91 Å². The molecule has 0 fully saturated rings. The third-order valence-electron chi connectivity index (χ3n) is 4.98. The van der Waals surface area contributed by atoms with Gasteiger partial charge in [-0.3, -0.25) is 9.59 Å². The predicted octanol–water partition coefficient (Wildman–Crippen LogP) is 5.20. The van der Waals surface area contributed by atoms with Crippen LogP contribution in [0.4, 0.5) is 0 Å². The first-order valence-electron chi connectivity index (χ1n) is 10.1. The third kappa shape index (κ3) is 5.35. The van der Waals surface area contributed by atoms with Crippen molar-refractivity contribution in [3.63, 3.8) is 0 Å². The van der Waals surface area contributed by atoms with E-state index in [2.05, 4.69) is 15.3 Å². The lowest BCUT2D eigenvalue weighted by molar-refractivity contribution is -0.141. The standard InChI is InChI=1S/C24H20ClN3O4S/c1-31-21(29)13-19(16-8-2-4-9-18(16)25)28-23(30)22-17(14-33-24-26-11-6-12-27-24)15-7-3-5-10-20(15)32-22/h2-12,19H,13-14H2,1H3,(H,28,30).